The van der Waals surface area contributed by atoms with Crippen LogP contribution < -0.4 is 0 Å². The highest BCUT2D eigenvalue weighted by Gasteiger charge is 2.13. The van der Waals surface area contributed by atoms with Crippen LogP contribution in [0, 0.1) is 10.1 Å². The topological polar surface area (TPSA) is 63.4 Å². The molecule has 1 unspecified atom stereocenters. The van der Waals surface area contributed by atoms with E-state index in [1.807, 2.05) is 6.92 Å². The van der Waals surface area contributed by atoms with E-state index in [0.717, 1.165) is 12.0 Å². The summed E-state index contributed by atoms with van der Waals surface area (Å²) in [5.41, 5.74) is 0.815. The monoisotopic (exact) mass is 275 g/mol. The molecule has 1 aromatic carbocycles. The molecule has 0 aliphatic rings. The van der Waals surface area contributed by atoms with Crippen molar-refractivity contribution in [2.45, 2.75) is 24.3 Å². The number of aliphatic hydroxyl groups excluding tert-OH is 1. The van der Waals surface area contributed by atoms with Crippen molar-refractivity contribution in [3.63, 3.8) is 0 Å². The lowest BCUT2D eigenvalue weighted by atomic mass is 10.2. The SMILES string of the molecule is CC(CCO)SCc1ccc(Cl)c([N+](=O)[O-])c1. The van der Waals surface area contributed by atoms with E-state index in [9.17, 15) is 10.1 Å². The van der Waals surface area contributed by atoms with Crippen LogP contribution in [0.2, 0.25) is 5.02 Å². The van der Waals surface area contributed by atoms with Crippen molar-refractivity contribution in [1.82, 2.24) is 0 Å². The van der Waals surface area contributed by atoms with Crippen molar-refractivity contribution >= 4 is 29.1 Å². The van der Waals surface area contributed by atoms with Crippen molar-refractivity contribution in [3.05, 3.63) is 38.9 Å². The maximum Gasteiger partial charge on any atom is 0.288 e. The van der Waals surface area contributed by atoms with Gasteiger partial charge in [-0.2, -0.15) is 11.8 Å². The van der Waals surface area contributed by atoms with Gasteiger partial charge in [-0.25, -0.2) is 0 Å². The third kappa shape index (κ3) is 4.53. The van der Waals surface area contributed by atoms with E-state index in [-0.39, 0.29) is 17.3 Å². The van der Waals surface area contributed by atoms with E-state index < -0.39 is 4.92 Å². The molecule has 0 aromatic heterocycles. The van der Waals surface area contributed by atoms with E-state index in [0.29, 0.717) is 11.0 Å². The Balaban J connectivity index is 2.66. The Hall–Kier alpha value is -0.780. The highest BCUT2D eigenvalue weighted by molar-refractivity contribution is 7.99. The second-order valence-electron chi connectivity index (χ2n) is 3.68. The summed E-state index contributed by atoms with van der Waals surface area (Å²) >= 11 is 7.38. The highest BCUT2D eigenvalue weighted by Crippen LogP contribution is 2.28. The van der Waals surface area contributed by atoms with Crippen LogP contribution in [0.1, 0.15) is 18.9 Å². The van der Waals surface area contributed by atoms with Gasteiger partial charge in [0.05, 0.1) is 4.92 Å². The quantitative estimate of drug-likeness (QED) is 0.639. The average Bonchev–Trinajstić information content (AvgIpc) is 2.28. The molecule has 0 aliphatic heterocycles. The summed E-state index contributed by atoms with van der Waals surface area (Å²) in [6.45, 7) is 2.18. The number of aliphatic hydroxyl groups is 1. The Morgan fingerprint density at radius 2 is 2.29 bits per heavy atom. The third-order valence-corrected chi connectivity index (χ3v) is 3.90. The van der Waals surface area contributed by atoms with E-state index in [2.05, 4.69) is 0 Å². The summed E-state index contributed by atoms with van der Waals surface area (Å²) in [7, 11) is 0. The fourth-order valence-corrected chi connectivity index (χ4v) is 2.41. The molecule has 17 heavy (non-hydrogen) atoms. The zero-order valence-electron chi connectivity index (χ0n) is 9.43. The fraction of sp³-hybridized carbons (Fsp3) is 0.455. The molecule has 1 rings (SSSR count). The Morgan fingerprint density at radius 1 is 1.59 bits per heavy atom. The Bertz CT molecular complexity index is 400. The number of benzene rings is 1. The van der Waals surface area contributed by atoms with E-state index in [1.54, 1.807) is 23.9 Å². The highest BCUT2D eigenvalue weighted by atomic mass is 35.5. The first kappa shape index (κ1) is 14.3. The first-order chi connectivity index (χ1) is 8.04. The van der Waals surface area contributed by atoms with Crippen molar-refractivity contribution in [3.8, 4) is 0 Å². The van der Waals surface area contributed by atoms with Gasteiger partial charge in [0.25, 0.3) is 5.69 Å². The number of halogens is 1. The maximum atomic E-state index is 10.7. The number of thioether (sulfide) groups is 1. The molecular formula is C11H14ClNO3S. The van der Waals surface area contributed by atoms with Crippen LogP contribution in [0.15, 0.2) is 18.2 Å². The second-order valence-corrected chi connectivity index (χ2v) is 5.51. The minimum absolute atomic E-state index is 0.0559. The summed E-state index contributed by atoms with van der Waals surface area (Å²) in [5, 5.41) is 20.0. The van der Waals surface area contributed by atoms with E-state index in [4.69, 9.17) is 16.7 Å². The molecule has 1 N–H and O–H groups in total. The van der Waals surface area contributed by atoms with Gasteiger partial charge < -0.3 is 5.11 Å². The number of nitrogens with zero attached hydrogens (tertiary/aromatic N) is 1. The van der Waals surface area contributed by atoms with Gasteiger partial charge in [-0.05, 0) is 18.1 Å². The van der Waals surface area contributed by atoms with Crippen molar-refractivity contribution in [1.29, 1.82) is 0 Å². The molecule has 0 saturated carbocycles. The lowest BCUT2D eigenvalue weighted by molar-refractivity contribution is -0.384. The van der Waals surface area contributed by atoms with Gasteiger partial charge >= 0.3 is 0 Å². The Morgan fingerprint density at radius 3 is 2.88 bits per heavy atom. The molecule has 6 heteroatoms. The standard InChI is InChI=1S/C11H14ClNO3S/c1-8(4-5-14)17-7-9-2-3-10(12)11(6-9)13(15)16/h2-3,6,8,14H,4-5,7H2,1H3. The summed E-state index contributed by atoms with van der Waals surface area (Å²) in [6, 6.07) is 4.83. The van der Waals surface area contributed by atoms with Crippen molar-refractivity contribution < 1.29 is 10.0 Å². The second kappa shape index (κ2) is 6.83. The van der Waals surface area contributed by atoms with Crippen LogP contribution in [0.25, 0.3) is 0 Å². The zero-order valence-corrected chi connectivity index (χ0v) is 11.0. The van der Waals surface area contributed by atoms with Crippen molar-refractivity contribution in [2.75, 3.05) is 6.61 Å². The normalized spacial score (nSPS) is 12.4. The smallest absolute Gasteiger partial charge is 0.288 e. The lowest BCUT2D eigenvalue weighted by Crippen LogP contribution is -2.00. The maximum absolute atomic E-state index is 10.7. The zero-order chi connectivity index (χ0) is 12.8. The van der Waals surface area contributed by atoms with Gasteiger partial charge in [-0.15, -0.1) is 0 Å². The summed E-state index contributed by atoms with van der Waals surface area (Å²) in [4.78, 5) is 10.2. The lowest BCUT2D eigenvalue weighted by Gasteiger charge is -2.09. The molecule has 0 aliphatic carbocycles. The summed E-state index contributed by atoms with van der Waals surface area (Å²) < 4.78 is 0. The van der Waals surface area contributed by atoms with E-state index >= 15 is 0 Å². The summed E-state index contributed by atoms with van der Waals surface area (Å²) in [5.74, 6) is 0.680. The predicted molar refractivity (Wildman–Crippen MR) is 70.6 cm³/mol. The van der Waals surface area contributed by atoms with Gasteiger partial charge in [0, 0.05) is 23.7 Å². The molecule has 0 bridgehead atoms. The average molecular weight is 276 g/mol. The van der Waals surface area contributed by atoms with Gasteiger partial charge in [0.15, 0.2) is 0 Å². The molecule has 0 fully saturated rings. The molecule has 94 valence electrons. The van der Waals surface area contributed by atoms with Gasteiger partial charge in [0.2, 0.25) is 0 Å². The largest absolute Gasteiger partial charge is 0.396 e. The number of hydrogen-bond acceptors (Lipinski definition) is 4. The first-order valence-corrected chi connectivity index (χ1v) is 6.62. The van der Waals surface area contributed by atoms with Crippen LogP contribution in [0.3, 0.4) is 0 Å². The molecular weight excluding hydrogens is 262 g/mol. The van der Waals surface area contributed by atoms with Crippen LogP contribution in [-0.4, -0.2) is 21.9 Å². The molecule has 1 aromatic rings. The number of nitro groups is 1. The predicted octanol–water partition coefficient (Wildman–Crippen LogP) is 3.25. The first-order valence-electron chi connectivity index (χ1n) is 5.20. The minimum atomic E-state index is -0.479. The third-order valence-electron chi connectivity index (χ3n) is 2.28. The van der Waals surface area contributed by atoms with Crippen LogP contribution >= 0.6 is 23.4 Å². The fourth-order valence-electron chi connectivity index (χ4n) is 1.29. The molecule has 0 spiro atoms. The van der Waals surface area contributed by atoms with Crippen LogP contribution in [0.5, 0.6) is 0 Å². The molecule has 0 saturated heterocycles. The van der Waals surface area contributed by atoms with Gasteiger partial charge in [0.1, 0.15) is 5.02 Å². The van der Waals surface area contributed by atoms with Crippen LogP contribution in [-0.2, 0) is 5.75 Å². The molecule has 4 nitrogen and oxygen atoms in total. The van der Waals surface area contributed by atoms with Gasteiger partial charge in [-0.3, -0.25) is 10.1 Å². The number of rotatable bonds is 6. The van der Waals surface area contributed by atoms with Crippen molar-refractivity contribution in [2.24, 2.45) is 0 Å². The summed E-state index contributed by atoms with van der Waals surface area (Å²) in [6.07, 6.45) is 0.723. The molecule has 1 atom stereocenters. The number of hydrogen-bond donors (Lipinski definition) is 1. The van der Waals surface area contributed by atoms with Crippen LogP contribution in [0.4, 0.5) is 5.69 Å². The molecule has 0 radical (unpaired) electrons. The Kier molecular flexibility index (Phi) is 5.74. The number of nitro benzene ring substituents is 1. The Labute approximate surface area is 109 Å². The molecule has 0 amide bonds. The minimum Gasteiger partial charge on any atom is -0.396 e. The van der Waals surface area contributed by atoms with Gasteiger partial charge in [-0.1, -0.05) is 24.6 Å². The van der Waals surface area contributed by atoms with E-state index in [1.165, 1.54) is 6.07 Å². The molecule has 0 heterocycles.